The minimum absolute atomic E-state index is 0.295. The van der Waals surface area contributed by atoms with Crippen LogP contribution in [0.5, 0.6) is 5.75 Å². The molecule has 2 aromatic rings. The lowest BCUT2D eigenvalue weighted by Gasteiger charge is -2.17. The van der Waals surface area contributed by atoms with E-state index in [1.807, 2.05) is 19.9 Å². The average molecular weight is 355 g/mol. The van der Waals surface area contributed by atoms with E-state index in [1.54, 1.807) is 18.2 Å². The highest BCUT2D eigenvalue weighted by Gasteiger charge is 2.42. The Morgan fingerprint density at radius 3 is 2.64 bits per heavy atom. The normalized spacial score (nSPS) is 16.5. The number of benzene rings is 2. The highest BCUT2D eigenvalue weighted by atomic mass is 79.9. The van der Waals surface area contributed by atoms with Gasteiger partial charge in [-0.1, -0.05) is 22.0 Å². The molecule has 0 spiro atoms. The van der Waals surface area contributed by atoms with Gasteiger partial charge in [-0.25, -0.2) is 0 Å². The summed E-state index contributed by atoms with van der Waals surface area (Å²) in [6, 6.07) is 11.3. The maximum Gasteiger partial charge on any atom is 0.321 e. The number of carbonyl (C=O) groups excluding carboxylic acids is 1. The predicted molar refractivity (Wildman–Crippen MR) is 84.6 cm³/mol. The second-order valence-corrected chi connectivity index (χ2v) is 6.63. The standard InChI is InChI=1S/C17H11BrN2O2/c1-17(2)15-12-6-11(13(18)8-20)10(7-19)5-9(12)3-4-14(15)22-16(17)21/h3-6,13H,1-2H3. The van der Waals surface area contributed by atoms with Crippen molar-refractivity contribution in [3.05, 3.63) is 41.0 Å². The number of hydrogen-bond donors (Lipinski definition) is 0. The first-order chi connectivity index (χ1) is 10.4. The molecule has 0 fully saturated rings. The number of fused-ring (bicyclic) bond motifs is 3. The van der Waals surface area contributed by atoms with E-state index < -0.39 is 10.2 Å². The van der Waals surface area contributed by atoms with Crippen molar-refractivity contribution in [1.29, 1.82) is 10.5 Å². The third kappa shape index (κ3) is 1.90. The minimum Gasteiger partial charge on any atom is -0.426 e. The summed E-state index contributed by atoms with van der Waals surface area (Å²) in [5.74, 6) is 0.248. The number of carbonyl (C=O) groups is 1. The van der Waals surface area contributed by atoms with Crippen LogP contribution in [0.1, 0.15) is 35.4 Å². The molecule has 4 nitrogen and oxygen atoms in total. The fraction of sp³-hybridized carbons (Fsp3) is 0.235. The third-order valence-electron chi connectivity index (χ3n) is 4.00. The third-order valence-corrected chi connectivity index (χ3v) is 4.69. The number of ether oxygens (including phenoxy) is 1. The van der Waals surface area contributed by atoms with E-state index in [1.165, 1.54) is 0 Å². The second-order valence-electron chi connectivity index (χ2n) is 5.72. The molecule has 1 heterocycles. The molecule has 0 radical (unpaired) electrons. The van der Waals surface area contributed by atoms with Gasteiger partial charge in [-0.05, 0) is 48.4 Å². The Morgan fingerprint density at radius 2 is 2.00 bits per heavy atom. The molecular weight excluding hydrogens is 344 g/mol. The van der Waals surface area contributed by atoms with E-state index in [0.29, 0.717) is 16.9 Å². The predicted octanol–water partition coefficient (Wildman–Crippen LogP) is 3.87. The van der Waals surface area contributed by atoms with Gasteiger partial charge in [0.05, 0.1) is 23.1 Å². The molecule has 2 aromatic carbocycles. The van der Waals surface area contributed by atoms with Crippen LogP contribution in [0, 0.1) is 22.7 Å². The smallest absolute Gasteiger partial charge is 0.321 e. The van der Waals surface area contributed by atoms with Crippen molar-refractivity contribution in [2.45, 2.75) is 24.1 Å². The number of nitrogens with zero attached hydrogens (tertiary/aromatic N) is 2. The van der Waals surface area contributed by atoms with Gasteiger partial charge in [0, 0.05) is 5.56 Å². The van der Waals surface area contributed by atoms with Crippen molar-refractivity contribution in [2.75, 3.05) is 0 Å². The Morgan fingerprint density at radius 1 is 1.27 bits per heavy atom. The lowest BCUT2D eigenvalue weighted by molar-refractivity contribution is -0.137. The molecule has 1 atom stereocenters. The highest BCUT2D eigenvalue weighted by molar-refractivity contribution is 9.09. The van der Waals surface area contributed by atoms with Gasteiger partial charge in [0.15, 0.2) is 0 Å². The second kappa shape index (κ2) is 4.83. The van der Waals surface area contributed by atoms with Crippen molar-refractivity contribution < 1.29 is 9.53 Å². The molecule has 0 saturated carbocycles. The molecule has 3 rings (SSSR count). The first-order valence-electron chi connectivity index (χ1n) is 6.67. The maximum atomic E-state index is 12.1. The zero-order valence-electron chi connectivity index (χ0n) is 12.0. The summed E-state index contributed by atoms with van der Waals surface area (Å²) < 4.78 is 5.33. The molecule has 5 heteroatoms. The van der Waals surface area contributed by atoms with Crippen molar-refractivity contribution in [3.63, 3.8) is 0 Å². The molecule has 22 heavy (non-hydrogen) atoms. The molecule has 0 N–H and O–H groups in total. The topological polar surface area (TPSA) is 73.9 Å². The summed E-state index contributed by atoms with van der Waals surface area (Å²) in [6.07, 6.45) is 0. The Balaban J connectivity index is 2.41. The maximum absolute atomic E-state index is 12.1. The number of alkyl halides is 1. The summed E-state index contributed by atoms with van der Waals surface area (Å²) in [6.45, 7) is 3.63. The number of halogens is 1. The van der Waals surface area contributed by atoms with Gasteiger partial charge < -0.3 is 4.74 Å². The van der Waals surface area contributed by atoms with Gasteiger partial charge in [-0.3, -0.25) is 4.79 Å². The van der Waals surface area contributed by atoms with E-state index >= 15 is 0 Å². The van der Waals surface area contributed by atoms with E-state index in [0.717, 1.165) is 16.3 Å². The van der Waals surface area contributed by atoms with Gasteiger partial charge in [-0.15, -0.1) is 0 Å². The molecule has 0 amide bonds. The Bertz CT molecular complexity index is 903. The van der Waals surface area contributed by atoms with E-state index in [4.69, 9.17) is 10.00 Å². The van der Waals surface area contributed by atoms with Crippen LogP contribution in [0.2, 0.25) is 0 Å². The number of esters is 1. The van der Waals surface area contributed by atoms with E-state index in [2.05, 4.69) is 28.1 Å². The van der Waals surface area contributed by atoms with Gasteiger partial charge in [-0.2, -0.15) is 10.5 Å². The van der Waals surface area contributed by atoms with Crippen LogP contribution >= 0.6 is 15.9 Å². The first kappa shape index (κ1) is 14.6. The lowest BCUT2D eigenvalue weighted by atomic mass is 9.82. The number of rotatable bonds is 1. The summed E-state index contributed by atoms with van der Waals surface area (Å²) in [5.41, 5.74) is 1.09. The molecule has 0 saturated heterocycles. The quantitative estimate of drug-likeness (QED) is 0.442. The zero-order valence-corrected chi connectivity index (χ0v) is 13.6. The highest BCUT2D eigenvalue weighted by Crippen LogP contribution is 2.45. The van der Waals surface area contributed by atoms with Crippen molar-refractivity contribution >= 4 is 32.7 Å². The summed E-state index contributed by atoms with van der Waals surface area (Å²) in [7, 11) is 0. The van der Waals surface area contributed by atoms with E-state index in [-0.39, 0.29) is 5.97 Å². The number of nitriles is 2. The van der Waals surface area contributed by atoms with Gasteiger partial charge in [0.25, 0.3) is 0 Å². The van der Waals surface area contributed by atoms with Crippen LogP contribution in [0.3, 0.4) is 0 Å². The molecule has 0 bridgehead atoms. The Kier molecular flexibility index (Phi) is 3.20. The summed E-state index contributed by atoms with van der Waals surface area (Å²) in [5, 5.41) is 20.1. The van der Waals surface area contributed by atoms with Gasteiger partial charge >= 0.3 is 5.97 Å². The van der Waals surface area contributed by atoms with Crippen LogP contribution in [-0.4, -0.2) is 5.97 Å². The van der Waals surface area contributed by atoms with Crippen LogP contribution in [0.25, 0.3) is 10.8 Å². The SMILES string of the molecule is CC1(C)C(=O)Oc2ccc3cc(C#N)c(C(Br)C#N)cc3c21. The Hall–Kier alpha value is -2.37. The summed E-state index contributed by atoms with van der Waals surface area (Å²) in [4.78, 5) is 11.5. The monoisotopic (exact) mass is 354 g/mol. The molecule has 0 aromatic heterocycles. The van der Waals surface area contributed by atoms with Crippen molar-refractivity contribution in [2.24, 2.45) is 0 Å². The Labute approximate surface area is 136 Å². The first-order valence-corrected chi connectivity index (χ1v) is 7.59. The molecule has 1 aliphatic rings. The van der Waals surface area contributed by atoms with Crippen LogP contribution in [-0.2, 0) is 10.2 Å². The number of hydrogen-bond acceptors (Lipinski definition) is 4. The van der Waals surface area contributed by atoms with Crippen molar-refractivity contribution in [3.8, 4) is 17.9 Å². The molecule has 0 aliphatic carbocycles. The lowest BCUT2D eigenvalue weighted by Crippen LogP contribution is -2.26. The zero-order chi connectivity index (χ0) is 16.1. The van der Waals surface area contributed by atoms with Crippen LogP contribution in [0.4, 0.5) is 0 Å². The van der Waals surface area contributed by atoms with E-state index in [9.17, 15) is 10.1 Å². The van der Waals surface area contributed by atoms with Crippen LogP contribution < -0.4 is 4.74 Å². The van der Waals surface area contributed by atoms with Gasteiger partial charge in [0.1, 0.15) is 10.6 Å². The minimum atomic E-state index is -0.755. The van der Waals surface area contributed by atoms with Crippen molar-refractivity contribution in [1.82, 2.24) is 0 Å². The molecule has 108 valence electrons. The van der Waals surface area contributed by atoms with Gasteiger partial charge in [0.2, 0.25) is 0 Å². The molecule has 1 aliphatic heterocycles. The summed E-state index contributed by atoms with van der Waals surface area (Å²) >= 11 is 3.27. The molecule has 1 unspecified atom stereocenters. The fourth-order valence-corrected chi connectivity index (χ4v) is 3.18. The van der Waals surface area contributed by atoms with Crippen LogP contribution in [0.15, 0.2) is 24.3 Å². The average Bonchev–Trinajstić information content (AvgIpc) is 2.75. The largest absolute Gasteiger partial charge is 0.426 e. The fourth-order valence-electron chi connectivity index (χ4n) is 2.80. The molecular formula is C17H11BrN2O2.